The van der Waals surface area contributed by atoms with Crippen LogP contribution < -0.4 is 11.3 Å². The van der Waals surface area contributed by atoms with E-state index in [9.17, 15) is 14.4 Å². The Labute approximate surface area is 120 Å². The number of carbonyl (C=O) groups excluding carboxylic acids is 3. The summed E-state index contributed by atoms with van der Waals surface area (Å²) in [6.07, 6.45) is 2.84. The molecule has 0 saturated carbocycles. The Balaban J connectivity index is 1.72. The van der Waals surface area contributed by atoms with Crippen LogP contribution in [0.25, 0.3) is 0 Å². The third-order valence-electron chi connectivity index (χ3n) is 3.89. The fourth-order valence-electron chi connectivity index (χ4n) is 2.85. The van der Waals surface area contributed by atoms with Crippen LogP contribution in [0.3, 0.4) is 0 Å². The van der Waals surface area contributed by atoms with E-state index in [1.54, 1.807) is 4.90 Å². The molecule has 1 atom stereocenters. The first-order valence-corrected chi connectivity index (χ1v) is 6.77. The molecule has 8 heteroatoms. The summed E-state index contributed by atoms with van der Waals surface area (Å²) in [5, 5.41) is 0. The molecule has 8 nitrogen and oxygen atoms in total. The summed E-state index contributed by atoms with van der Waals surface area (Å²) in [4.78, 5) is 38.8. The number of furan rings is 1. The number of amides is 3. The molecule has 0 spiro atoms. The molecule has 0 aliphatic carbocycles. The minimum atomic E-state index is -0.465. The van der Waals surface area contributed by atoms with Gasteiger partial charge in [0, 0.05) is 6.54 Å². The van der Waals surface area contributed by atoms with E-state index in [0.29, 0.717) is 18.7 Å². The van der Waals surface area contributed by atoms with Gasteiger partial charge in [0.05, 0.1) is 12.1 Å². The lowest BCUT2D eigenvalue weighted by Gasteiger charge is -2.35. The Morgan fingerprint density at radius 3 is 3.05 bits per heavy atom. The van der Waals surface area contributed by atoms with E-state index in [2.05, 4.69) is 0 Å². The molecule has 1 unspecified atom stereocenters. The first-order chi connectivity index (χ1) is 10.1. The van der Waals surface area contributed by atoms with Crippen LogP contribution in [-0.2, 0) is 16.1 Å². The lowest BCUT2D eigenvalue weighted by atomic mass is 10.1. The fraction of sp³-hybridized carbons (Fsp3) is 0.462. The molecule has 1 aromatic rings. The average molecular weight is 292 g/mol. The molecule has 0 aromatic carbocycles. The van der Waals surface area contributed by atoms with Crippen molar-refractivity contribution in [1.29, 1.82) is 0 Å². The topological polar surface area (TPSA) is 109 Å². The molecule has 2 saturated heterocycles. The molecule has 21 heavy (non-hydrogen) atoms. The van der Waals surface area contributed by atoms with Crippen molar-refractivity contribution in [3.63, 3.8) is 0 Å². The summed E-state index contributed by atoms with van der Waals surface area (Å²) < 4.78 is 5.25. The van der Waals surface area contributed by atoms with Crippen molar-refractivity contribution in [1.82, 2.24) is 15.2 Å². The SMILES string of the molecule is NNC(=O)c1coc(CN2CC(=O)N3CCCC3C2=O)c1. The average Bonchev–Trinajstić information content (AvgIpc) is 3.13. The summed E-state index contributed by atoms with van der Waals surface area (Å²) in [6.45, 7) is 0.881. The molecule has 2 fully saturated rings. The van der Waals surface area contributed by atoms with Gasteiger partial charge < -0.3 is 14.2 Å². The highest BCUT2D eigenvalue weighted by molar-refractivity contribution is 5.95. The number of hydrogen-bond acceptors (Lipinski definition) is 5. The largest absolute Gasteiger partial charge is 0.467 e. The van der Waals surface area contributed by atoms with Gasteiger partial charge in [0.25, 0.3) is 5.91 Å². The smallest absolute Gasteiger partial charge is 0.268 e. The van der Waals surface area contributed by atoms with E-state index in [4.69, 9.17) is 10.3 Å². The summed E-state index contributed by atoms with van der Waals surface area (Å²) in [7, 11) is 0. The summed E-state index contributed by atoms with van der Waals surface area (Å²) in [6, 6.07) is 1.18. The molecular formula is C13H16N4O4. The zero-order valence-corrected chi connectivity index (χ0v) is 11.4. The van der Waals surface area contributed by atoms with Crippen LogP contribution in [-0.4, -0.2) is 46.7 Å². The minimum absolute atomic E-state index is 0.0384. The van der Waals surface area contributed by atoms with E-state index in [1.165, 1.54) is 17.2 Å². The van der Waals surface area contributed by atoms with Gasteiger partial charge in [0.1, 0.15) is 24.6 Å². The molecule has 3 heterocycles. The number of fused-ring (bicyclic) bond motifs is 1. The fourth-order valence-corrected chi connectivity index (χ4v) is 2.85. The van der Waals surface area contributed by atoms with Crippen molar-refractivity contribution in [2.45, 2.75) is 25.4 Å². The van der Waals surface area contributed by atoms with Crippen LogP contribution in [0.15, 0.2) is 16.7 Å². The number of carbonyl (C=O) groups is 3. The molecular weight excluding hydrogens is 276 g/mol. The Morgan fingerprint density at radius 1 is 1.48 bits per heavy atom. The zero-order valence-electron chi connectivity index (χ0n) is 11.4. The van der Waals surface area contributed by atoms with Crippen molar-refractivity contribution >= 4 is 17.7 Å². The van der Waals surface area contributed by atoms with Gasteiger partial charge in [-0.1, -0.05) is 0 Å². The lowest BCUT2D eigenvalue weighted by molar-refractivity contribution is -0.154. The molecule has 3 rings (SSSR count). The maximum absolute atomic E-state index is 12.3. The monoisotopic (exact) mass is 292 g/mol. The van der Waals surface area contributed by atoms with Gasteiger partial charge in [-0.15, -0.1) is 0 Å². The zero-order chi connectivity index (χ0) is 15.0. The summed E-state index contributed by atoms with van der Waals surface area (Å²) >= 11 is 0. The number of hydrogen-bond donors (Lipinski definition) is 2. The maximum atomic E-state index is 12.3. The van der Waals surface area contributed by atoms with Gasteiger partial charge in [-0.3, -0.25) is 19.8 Å². The van der Waals surface area contributed by atoms with Crippen LogP contribution in [0.2, 0.25) is 0 Å². The van der Waals surface area contributed by atoms with Crippen LogP contribution in [0.4, 0.5) is 0 Å². The third-order valence-corrected chi connectivity index (χ3v) is 3.89. The second-order valence-electron chi connectivity index (χ2n) is 5.21. The predicted octanol–water partition coefficient (Wildman–Crippen LogP) is -0.784. The van der Waals surface area contributed by atoms with Crippen molar-refractivity contribution in [3.05, 3.63) is 23.7 Å². The van der Waals surface area contributed by atoms with Gasteiger partial charge >= 0.3 is 0 Å². The van der Waals surface area contributed by atoms with E-state index < -0.39 is 5.91 Å². The molecule has 112 valence electrons. The molecule has 3 N–H and O–H groups in total. The second-order valence-corrected chi connectivity index (χ2v) is 5.21. The lowest BCUT2D eigenvalue weighted by Crippen LogP contribution is -2.56. The number of nitrogen functional groups attached to an aromatic ring is 1. The Hall–Kier alpha value is -2.35. The van der Waals surface area contributed by atoms with Crippen LogP contribution in [0, 0.1) is 0 Å². The molecule has 3 amide bonds. The van der Waals surface area contributed by atoms with Crippen molar-refractivity contribution < 1.29 is 18.8 Å². The molecule has 0 radical (unpaired) electrons. The van der Waals surface area contributed by atoms with E-state index in [0.717, 1.165) is 6.42 Å². The van der Waals surface area contributed by atoms with Crippen LogP contribution >= 0.6 is 0 Å². The molecule has 2 aliphatic rings. The van der Waals surface area contributed by atoms with E-state index in [-0.39, 0.29) is 36.5 Å². The Bertz CT molecular complexity index is 597. The van der Waals surface area contributed by atoms with Gasteiger partial charge in [-0.25, -0.2) is 5.84 Å². The number of nitrogens with two attached hydrogens (primary N) is 1. The van der Waals surface area contributed by atoms with E-state index >= 15 is 0 Å². The number of rotatable bonds is 3. The van der Waals surface area contributed by atoms with Crippen molar-refractivity contribution in [3.8, 4) is 0 Å². The summed E-state index contributed by atoms with van der Waals surface area (Å²) in [5.74, 6) is 4.92. The third kappa shape index (κ3) is 2.38. The molecule has 1 aromatic heterocycles. The first-order valence-electron chi connectivity index (χ1n) is 6.77. The van der Waals surface area contributed by atoms with Crippen molar-refractivity contribution in [2.75, 3.05) is 13.1 Å². The van der Waals surface area contributed by atoms with E-state index in [1.807, 2.05) is 5.43 Å². The predicted molar refractivity (Wildman–Crippen MR) is 70.5 cm³/mol. The van der Waals surface area contributed by atoms with Crippen LogP contribution in [0.1, 0.15) is 29.0 Å². The van der Waals surface area contributed by atoms with Gasteiger partial charge in [-0.2, -0.15) is 0 Å². The summed E-state index contributed by atoms with van der Waals surface area (Å²) in [5.41, 5.74) is 2.29. The standard InChI is InChI=1S/C13H16N4O4/c14-15-12(19)8-4-9(21-7-8)5-16-6-11(18)17-3-1-2-10(17)13(16)20/h4,7,10H,1-3,5-6,14H2,(H,15,19). The normalized spacial score (nSPS) is 21.7. The van der Waals surface area contributed by atoms with Crippen molar-refractivity contribution in [2.24, 2.45) is 5.84 Å². The second kappa shape index (κ2) is 5.21. The Kier molecular flexibility index (Phi) is 3.38. The number of nitrogens with one attached hydrogen (secondary N) is 1. The van der Waals surface area contributed by atoms with Gasteiger partial charge in [0.2, 0.25) is 11.8 Å². The number of piperazine rings is 1. The quantitative estimate of drug-likeness (QED) is 0.431. The first kappa shape index (κ1) is 13.6. The van der Waals surface area contributed by atoms with Crippen LogP contribution in [0.5, 0.6) is 0 Å². The Morgan fingerprint density at radius 2 is 2.29 bits per heavy atom. The van der Waals surface area contributed by atoms with Gasteiger partial charge in [-0.05, 0) is 18.9 Å². The maximum Gasteiger partial charge on any atom is 0.268 e. The number of hydrazine groups is 1. The minimum Gasteiger partial charge on any atom is -0.467 e. The highest BCUT2D eigenvalue weighted by atomic mass is 16.3. The van der Waals surface area contributed by atoms with Gasteiger partial charge in [0.15, 0.2) is 0 Å². The highest BCUT2D eigenvalue weighted by Crippen LogP contribution is 2.25. The molecule has 2 aliphatic heterocycles. The highest BCUT2D eigenvalue weighted by Gasteiger charge is 2.41. The molecule has 0 bridgehead atoms. The number of nitrogens with zero attached hydrogens (tertiary/aromatic N) is 2.